The molecule has 0 spiro atoms. The molecule has 5 nitrogen and oxygen atoms in total. The van der Waals surface area contributed by atoms with E-state index in [4.69, 9.17) is 0 Å². The molecule has 33 heavy (non-hydrogen) atoms. The van der Waals surface area contributed by atoms with Crippen molar-refractivity contribution in [1.29, 1.82) is 0 Å². The van der Waals surface area contributed by atoms with Crippen molar-refractivity contribution in [3.05, 3.63) is 95.9 Å². The molecule has 0 atom stereocenters. The molecule has 0 aliphatic carbocycles. The lowest BCUT2D eigenvalue weighted by Gasteiger charge is -2.09. The number of benzene rings is 3. The summed E-state index contributed by atoms with van der Waals surface area (Å²) in [7, 11) is 0. The van der Waals surface area contributed by atoms with Gasteiger partial charge in [-0.3, -0.25) is 9.59 Å². The lowest BCUT2D eigenvalue weighted by molar-refractivity contribution is -0.113. The number of amides is 2. The number of fused-ring (bicyclic) bond motifs is 1. The molecule has 1 aromatic heterocycles. The smallest absolute Gasteiger partial charge is 0.251 e. The zero-order valence-corrected chi connectivity index (χ0v) is 19.0. The molecule has 0 radical (unpaired) electrons. The Bertz CT molecular complexity index is 1280. The zero-order valence-electron chi connectivity index (χ0n) is 18.2. The number of hydrogen-bond acceptors (Lipinski definition) is 3. The minimum absolute atomic E-state index is 0.0865. The lowest BCUT2D eigenvalue weighted by atomic mass is 10.1. The van der Waals surface area contributed by atoms with E-state index in [2.05, 4.69) is 15.2 Å². The first-order valence-corrected chi connectivity index (χ1v) is 11.6. The third-order valence-corrected chi connectivity index (χ3v) is 6.31. The fraction of sp³-hybridized carbons (Fsp3) is 0.154. The van der Waals surface area contributed by atoms with Gasteiger partial charge in [0.2, 0.25) is 5.91 Å². The molecule has 2 N–H and O–H groups in total. The van der Waals surface area contributed by atoms with Crippen LogP contribution in [0.2, 0.25) is 0 Å². The summed E-state index contributed by atoms with van der Waals surface area (Å²) in [5.74, 6) is -0.356. The van der Waals surface area contributed by atoms with E-state index in [-0.39, 0.29) is 23.4 Å². The number of thioether (sulfide) groups is 1. The molecule has 7 heteroatoms. The monoisotopic (exact) mass is 461 g/mol. The molecule has 4 aromatic rings. The fourth-order valence-corrected chi connectivity index (χ4v) is 4.49. The van der Waals surface area contributed by atoms with Gasteiger partial charge in [0.15, 0.2) is 0 Å². The van der Waals surface area contributed by atoms with Crippen LogP contribution in [0.1, 0.15) is 15.9 Å². The van der Waals surface area contributed by atoms with E-state index in [9.17, 15) is 14.0 Å². The summed E-state index contributed by atoms with van der Waals surface area (Å²) in [5, 5.41) is 6.82. The van der Waals surface area contributed by atoms with Crippen LogP contribution in [0.4, 0.5) is 10.1 Å². The molecule has 0 saturated carbocycles. The first-order valence-electron chi connectivity index (χ1n) is 10.6. The molecule has 1 heterocycles. The van der Waals surface area contributed by atoms with E-state index in [1.807, 2.05) is 61.7 Å². The van der Waals surface area contributed by atoms with Crippen LogP contribution < -0.4 is 10.6 Å². The summed E-state index contributed by atoms with van der Waals surface area (Å²) in [6.07, 6.45) is 2.01. The molecule has 3 aromatic carbocycles. The van der Waals surface area contributed by atoms with Gasteiger partial charge in [-0.25, -0.2) is 4.39 Å². The third-order valence-electron chi connectivity index (χ3n) is 5.27. The summed E-state index contributed by atoms with van der Waals surface area (Å²) in [6, 6.07) is 21.2. The van der Waals surface area contributed by atoms with Crippen molar-refractivity contribution >= 4 is 40.2 Å². The largest absolute Gasteiger partial charge is 0.350 e. The maximum atomic E-state index is 13.0. The third kappa shape index (κ3) is 5.62. The number of aryl methyl sites for hydroxylation is 1. The molecule has 0 aliphatic rings. The van der Waals surface area contributed by atoms with Crippen LogP contribution in [0.3, 0.4) is 0 Å². The highest BCUT2D eigenvalue weighted by Gasteiger charge is 2.12. The Morgan fingerprint density at radius 2 is 1.70 bits per heavy atom. The number of aromatic nitrogens is 1. The first-order chi connectivity index (χ1) is 16.0. The maximum absolute atomic E-state index is 13.0. The van der Waals surface area contributed by atoms with Crippen LogP contribution in [0.25, 0.3) is 10.9 Å². The van der Waals surface area contributed by atoms with Crippen molar-refractivity contribution in [2.75, 3.05) is 17.6 Å². The normalized spacial score (nSPS) is 10.8. The van der Waals surface area contributed by atoms with E-state index in [1.54, 1.807) is 0 Å². The van der Waals surface area contributed by atoms with Gasteiger partial charge < -0.3 is 15.2 Å². The molecule has 168 valence electrons. The van der Waals surface area contributed by atoms with E-state index in [0.29, 0.717) is 24.3 Å². The second-order valence-electron chi connectivity index (χ2n) is 7.62. The highest BCUT2D eigenvalue weighted by Crippen LogP contribution is 2.30. The molecule has 0 bridgehead atoms. The SMILES string of the molecule is Cc1ccccc1C(=O)NCCn1cc(SCC(=O)Nc2ccc(F)cc2)c2ccccc21. The van der Waals surface area contributed by atoms with Crippen LogP contribution in [-0.4, -0.2) is 28.7 Å². The molecule has 2 amide bonds. The van der Waals surface area contributed by atoms with E-state index in [1.165, 1.54) is 36.0 Å². The van der Waals surface area contributed by atoms with Crippen molar-refractivity contribution in [3.63, 3.8) is 0 Å². The van der Waals surface area contributed by atoms with Gasteiger partial charge in [-0.15, -0.1) is 11.8 Å². The Morgan fingerprint density at radius 1 is 0.970 bits per heavy atom. The van der Waals surface area contributed by atoms with Crippen LogP contribution in [-0.2, 0) is 11.3 Å². The fourth-order valence-electron chi connectivity index (χ4n) is 3.60. The van der Waals surface area contributed by atoms with Gasteiger partial charge in [0.25, 0.3) is 5.91 Å². The highest BCUT2D eigenvalue weighted by atomic mass is 32.2. The molecule has 4 rings (SSSR count). The predicted octanol–water partition coefficient (Wildman–Crippen LogP) is 5.25. The number of carbonyl (C=O) groups is 2. The summed E-state index contributed by atoms with van der Waals surface area (Å²) >= 11 is 1.45. The Labute approximate surface area is 196 Å². The Kier molecular flexibility index (Phi) is 7.10. The van der Waals surface area contributed by atoms with Crippen LogP contribution >= 0.6 is 11.8 Å². The van der Waals surface area contributed by atoms with Gasteiger partial charge in [-0.1, -0.05) is 36.4 Å². The van der Waals surface area contributed by atoms with E-state index in [0.717, 1.165) is 21.4 Å². The second kappa shape index (κ2) is 10.4. The van der Waals surface area contributed by atoms with Crippen LogP contribution in [0.15, 0.2) is 83.9 Å². The molecule has 0 fully saturated rings. The summed E-state index contributed by atoms with van der Waals surface area (Å²) in [4.78, 5) is 25.8. The van der Waals surface area contributed by atoms with Crippen molar-refractivity contribution in [2.45, 2.75) is 18.4 Å². The van der Waals surface area contributed by atoms with E-state index < -0.39 is 0 Å². The van der Waals surface area contributed by atoms with Crippen molar-refractivity contribution in [2.24, 2.45) is 0 Å². The summed E-state index contributed by atoms with van der Waals surface area (Å²) in [5.41, 5.74) is 3.23. The maximum Gasteiger partial charge on any atom is 0.251 e. The summed E-state index contributed by atoms with van der Waals surface area (Å²) < 4.78 is 15.1. The number of hydrogen-bond donors (Lipinski definition) is 2. The number of halogens is 1. The van der Waals surface area contributed by atoms with Gasteiger partial charge in [0.1, 0.15) is 5.82 Å². The van der Waals surface area contributed by atoms with Gasteiger partial charge in [0, 0.05) is 46.3 Å². The average molecular weight is 462 g/mol. The van der Waals surface area contributed by atoms with Gasteiger partial charge >= 0.3 is 0 Å². The minimum Gasteiger partial charge on any atom is -0.350 e. The molecular formula is C26H24FN3O2S. The van der Waals surface area contributed by atoms with Gasteiger partial charge in [0.05, 0.1) is 5.75 Å². The van der Waals surface area contributed by atoms with Crippen LogP contribution in [0.5, 0.6) is 0 Å². The number of para-hydroxylation sites is 1. The predicted molar refractivity (Wildman–Crippen MR) is 131 cm³/mol. The lowest BCUT2D eigenvalue weighted by Crippen LogP contribution is -2.27. The second-order valence-corrected chi connectivity index (χ2v) is 8.64. The highest BCUT2D eigenvalue weighted by molar-refractivity contribution is 8.00. The molecule has 0 unspecified atom stereocenters. The van der Waals surface area contributed by atoms with Crippen LogP contribution in [0, 0.1) is 12.7 Å². The van der Waals surface area contributed by atoms with Crippen molar-refractivity contribution in [1.82, 2.24) is 9.88 Å². The average Bonchev–Trinajstić information content (AvgIpc) is 3.17. The number of carbonyl (C=O) groups excluding carboxylic acids is 2. The first kappa shape index (κ1) is 22.6. The minimum atomic E-state index is -0.342. The quantitative estimate of drug-likeness (QED) is 0.352. The topological polar surface area (TPSA) is 63.1 Å². The Hall–Kier alpha value is -3.58. The Balaban J connectivity index is 1.39. The standard InChI is InChI=1S/C26H24FN3O2S/c1-18-6-2-3-7-21(18)26(32)28-14-15-30-16-24(22-8-4-5-9-23(22)30)33-17-25(31)29-20-12-10-19(27)11-13-20/h2-13,16H,14-15,17H2,1H3,(H,28,32)(H,29,31). The number of nitrogens with zero attached hydrogens (tertiary/aromatic N) is 1. The molecule has 0 aliphatic heterocycles. The van der Waals surface area contributed by atoms with Gasteiger partial charge in [-0.2, -0.15) is 0 Å². The van der Waals surface area contributed by atoms with Crippen molar-refractivity contribution < 1.29 is 14.0 Å². The van der Waals surface area contributed by atoms with E-state index >= 15 is 0 Å². The molecular weight excluding hydrogens is 437 g/mol. The molecule has 0 saturated heterocycles. The number of anilines is 1. The number of rotatable bonds is 8. The number of nitrogens with one attached hydrogen (secondary N) is 2. The Morgan fingerprint density at radius 3 is 2.48 bits per heavy atom. The van der Waals surface area contributed by atoms with Crippen molar-refractivity contribution in [3.8, 4) is 0 Å². The summed E-state index contributed by atoms with van der Waals surface area (Å²) in [6.45, 7) is 3.02. The zero-order chi connectivity index (χ0) is 23.2. The van der Waals surface area contributed by atoms with Gasteiger partial charge in [-0.05, 0) is 48.9 Å².